The molecule has 9 heavy (non-hydrogen) atoms. The fourth-order valence-corrected chi connectivity index (χ4v) is 1.12. The van der Waals surface area contributed by atoms with Gasteiger partial charge in [0.25, 0.3) is 0 Å². The average molecular weight is 122 g/mol. The van der Waals surface area contributed by atoms with Crippen LogP contribution >= 0.6 is 0 Å². The van der Waals surface area contributed by atoms with E-state index in [2.05, 4.69) is 18.7 Å². The lowest BCUT2D eigenvalue weighted by Crippen LogP contribution is -1.83. The molecule has 0 radical (unpaired) electrons. The van der Waals surface area contributed by atoms with Crippen molar-refractivity contribution in [2.24, 2.45) is 0 Å². The van der Waals surface area contributed by atoms with Crippen molar-refractivity contribution < 1.29 is 0 Å². The second-order valence-corrected chi connectivity index (χ2v) is 2.66. The summed E-state index contributed by atoms with van der Waals surface area (Å²) >= 11 is 0. The van der Waals surface area contributed by atoms with Crippen molar-refractivity contribution in [2.45, 2.75) is 32.1 Å². The summed E-state index contributed by atoms with van der Waals surface area (Å²) in [6.07, 6.45) is 10.9. The third-order valence-electron chi connectivity index (χ3n) is 1.72. The van der Waals surface area contributed by atoms with Crippen LogP contribution in [0.4, 0.5) is 0 Å². The van der Waals surface area contributed by atoms with E-state index in [9.17, 15) is 0 Å². The summed E-state index contributed by atoms with van der Waals surface area (Å²) < 4.78 is 0. The molecule has 0 atom stereocenters. The molecular formula is C9H14. The highest BCUT2D eigenvalue weighted by atomic mass is 14.0. The lowest BCUT2D eigenvalue weighted by molar-refractivity contribution is 0.679. The minimum absolute atomic E-state index is 1.20. The highest BCUT2D eigenvalue weighted by Crippen LogP contribution is 2.13. The van der Waals surface area contributed by atoms with E-state index in [1.165, 1.54) is 37.7 Å². The van der Waals surface area contributed by atoms with E-state index >= 15 is 0 Å². The summed E-state index contributed by atoms with van der Waals surface area (Å²) in [5, 5.41) is 0. The first-order valence-corrected chi connectivity index (χ1v) is 3.74. The van der Waals surface area contributed by atoms with E-state index in [1.807, 2.05) is 0 Å². The highest BCUT2D eigenvalue weighted by molar-refractivity contribution is 5.14. The summed E-state index contributed by atoms with van der Waals surface area (Å²) in [4.78, 5) is 0. The van der Waals surface area contributed by atoms with Crippen LogP contribution in [0.5, 0.6) is 0 Å². The maximum atomic E-state index is 3.93. The van der Waals surface area contributed by atoms with Crippen LogP contribution in [0.15, 0.2) is 24.3 Å². The van der Waals surface area contributed by atoms with Gasteiger partial charge in [-0.05, 0) is 25.7 Å². The monoisotopic (exact) mass is 122 g/mol. The molecule has 0 fully saturated rings. The lowest BCUT2D eigenvalue weighted by atomic mass is 10.0. The topological polar surface area (TPSA) is 0 Å². The van der Waals surface area contributed by atoms with Gasteiger partial charge in [-0.15, -0.1) is 0 Å². The molecule has 0 heterocycles. The fraction of sp³-hybridized carbons (Fsp3) is 0.556. The van der Waals surface area contributed by atoms with Crippen LogP contribution < -0.4 is 0 Å². The molecule has 0 nitrogen and oxygen atoms in total. The van der Waals surface area contributed by atoms with Crippen molar-refractivity contribution in [3.05, 3.63) is 24.3 Å². The zero-order valence-corrected chi connectivity index (χ0v) is 5.90. The Hall–Kier alpha value is -0.520. The third-order valence-corrected chi connectivity index (χ3v) is 1.72. The van der Waals surface area contributed by atoms with Gasteiger partial charge in [-0.2, -0.15) is 0 Å². The van der Waals surface area contributed by atoms with E-state index in [1.54, 1.807) is 0 Å². The number of rotatable bonds is 0. The standard InChI is InChI=1S/C9H14/c1-9-7-5-3-2-4-6-8-9/h5,7H,1-4,6,8H2. The third kappa shape index (κ3) is 2.50. The number of allylic oxidation sites excluding steroid dienone is 3. The quantitative estimate of drug-likeness (QED) is 0.463. The van der Waals surface area contributed by atoms with Crippen molar-refractivity contribution in [1.29, 1.82) is 0 Å². The van der Waals surface area contributed by atoms with Crippen LogP contribution in [0.2, 0.25) is 0 Å². The summed E-state index contributed by atoms with van der Waals surface area (Å²) in [5.74, 6) is 0. The largest absolute Gasteiger partial charge is 0.0958 e. The zero-order chi connectivity index (χ0) is 6.53. The summed E-state index contributed by atoms with van der Waals surface area (Å²) in [7, 11) is 0. The molecule has 0 unspecified atom stereocenters. The molecular weight excluding hydrogens is 108 g/mol. The molecule has 0 N–H and O–H groups in total. The van der Waals surface area contributed by atoms with Crippen LogP contribution in [-0.4, -0.2) is 0 Å². The second-order valence-electron chi connectivity index (χ2n) is 2.66. The van der Waals surface area contributed by atoms with Crippen LogP contribution in [-0.2, 0) is 0 Å². The van der Waals surface area contributed by atoms with Crippen LogP contribution in [0.1, 0.15) is 32.1 Å². The molecule has 0 heteroatoms. The van der Waals surface area contributed by atoms with Crippen molar-refractivity contribution in [1.82, 2.24) is 0 Å². The van der Waals surface area contributed by atoms with Crippen molar-refractivity contribution in [3.8, 4) is 0 Å². The smallest absolute Gasteiger partial charge is 0.0285 e. The van der Waals surface area contributed by atoms with E-state index in [0.717, 1.165) is 0 Å². The van der Waals surface area contributed by atoms with Gasteiger partial charge in [-0.3, -0.25) is 0 Å². The molecule has 0 aromatic carbocycles. The molecule has 0 saturated heterocycles. The first kappa shape index (κ1) is 6.60. The van der Waals surface area contributed by atoms with Gasteiger partial charge in [0.1, 0.15) is 0 Å². The van der Waals surface area contributed by atoms with Gasteiger partial charge >= 0.3 is 0 Å². The molecule has 50 valence electrons. The summed E-state index contributed by atoms with van der Waals surface area (Å²) in [6, 6.07) is 0. The minimum atomic E-state index is 1.20. The summed E-state index contributed by atoms with van der Waals surface area (Å²) in [5.41, 5.74) is 1.30. The normalized spacial score (nSPS) is 21.1. The van der Waals surface area contributed by atoms with E-state index in [-0.39, 0.29) is 0 Å². The minimum Gasteiger partial charge on any atom is -0.0958 e. The van der Waals surface area contributed by atoms with E-state index < -0.39 is 0 Å². The molecule has 0 aromatic rings. The zero-order valence-electron chi connectivity index (χ0n) is 5.90. The Kier molecular flexibility index (Phi) is 2.56. The molecule has 1 aliphatic rings. The molecule has 0 saturated carbocycles. The predicted octanol–water partition coefficient (Wildman–Crippen LogP) is 3.06. The highest BCUT2D eigenvalue weighted by Gasteiger charge is 1.93. The van der Waals surface area contributed by atoms with Crippen LogP contribution in [0.3, 0.4) is 0 Å². The van der Waals surface area contributed by atoms with Gasteiger partial charge in [0.15, 0.2) is 0 Å². The number of hydrogen-bond donors (Lipinski definition) is 0. The molecule has 1 rings (SSSR count). The maximum Gasteiger partial charge on any atom is -0.0285 e. The Morgan fingerprint density at radius 2 is 2.11 bits per heavy atom. The fourth-order valence-electron chi connectivity index (χ4n) is 1.12. The van der Waals surface area contributed by atoms with E-state index in [0.29, 0.717) is 0 Å². The Labute approximate surface area is 57.3 Å². The Bertz CT molecular complexity index is 120. The SMILES string of the molecule is C=C1C=CCCCCC1. The molecule has 0 amide bonds. The Balaban J connectivity index is 2.39. The average Bonchev–Trinajstić information content (AvgIpc) is 1.79. The van der Waals surface area contributed by atoms with Gasteiger partial charge in [-0.25, -0.2) is 0 Å². The summed E-state index contributed by atoms with van der Waals surface area (Å²) in [6.45, 7) is 3.93. The van der Waals surface area contributed by atoms with Crippen LogP contribution in [0.25, 0.3) is 0 Å². The van der Waals surface area contributed by atoms with Crippen molar-refractivity contribution >= 4 is 0 Å². The predicted molar refractivity (Wildman–Crippen MR) is 41.4 cm³/mol. The van der Waals surface area contributed by atoms with Gasteiger partial charge in [0, 0.05) is 0 Å². The van der Waals surface area contributed by atoms with E-state index in [4.69, 9.17) is 0 Å². The van der Waals surface area contributed by atoms with Gasteiger partial charge < -0.3 is 0 Å². The molecule has 0 aliphatic heterocycles. The lowest BCUT2D eigenvalue weighted by Gasteiger charge is -2.03. The molecule has 0 aromatic heterocycles. The Morgan fingerprint density at radius 3 is 3.00 bits per heavy atom. The first-order chi connectivity index (χ1) is 4.39. The van der Waals surface area contributed by atoms with Gasteiger partial charge in [-0.1, -0.05) is 30.7 Å². The maximum absolute atomic E-state index is 3.93. The molecule has 0 spiro atoms. The molecule has 1 aliphatic carbocycles. The van der Waals surface area contributed by atoms with Gasteiger partial charge in [0.2, 0.25) is 0 Å². The van der Waals surface area contributed by atoms with Crippen LogP contribution in [0, 0.1) is 0 Å². The van der Waals surface area contributed by atoms with Gasteiger partial charge in [0.05, 0.1) is 0 Å². The number of hydrogen-bond acceptors (Lipinski definition) is 0. The van der Waals surface area contributed by atoms with Crippen molar-refractivity contribution in [3.63, 3.8) is 0 Å². The second kappa shape index (κ2) is 3.49. The first-order valence-electron chi connectivity index (χ1n) is 3.74. The van der Waals surface area contributed by atoms with Crippen molar-refractivity contribution in [2.75, 3.05) is 0 Å². The Morgan fingerprint density at radius 1 is 1.22 bits per heavy atom. The molecule has 0 bridgehead atoms.